The lowest BCUT2D eigenvalue weighted by Gasteiger charge is -2.31. The first-order chi connectivity index (χ1) is 16.0. The maximum Gasteiger partial charge on any atom is 0.132 e. The van der Waals surface area contributed by atoms with Gasteiger partial charge in [-0.05, 0) is 75.0 Å². The molecular weight excluding hydrogens is 408 g/mol. The third kappa shape index (κ3) is 3.12. The van der Waals surface area contributed by atoms with E-state index < -0.39 is 0 Å². The normalized spacial score (nSPS) is 13.2. The van der Waals surface area contributed by atoms with Crippen LogP contribution >= 0.6 is 0 Å². The Morgan fingerprint density at radius 3 is 1.61 bits per heavy atom. The van der Waals surface area contributed by atoms with Crippen LogP contribution in [0, 0.1) is 0 Å². The molecule has 5 aromatic rings. The standard InChI is InChI=1S/C30H24O3/c1-17(2)18-3-5-21(6-4-18)28-29-24-15-22(31)11-7-19(24)9-13-26(29)33-27-14-10-20-8-12-23(32)16-25(20)30(27)28/h3-17,28,31-32H,1-2H3. The Morgan fingerprint density at radius 1 is 0.636 bits per heavy atom. The number of phenols is 2. The molecule has 162 valence electrons. The fourth-order valence-electron chi connectivity index (χ4n) is 5.06. The van der Waals surface area contributed by atoms with Gasteiger partial charge in [-0.25, -0.2) is 0 Å². The quantitative estimate of drug-likeness (QED) is 0.293. The van der Waals surface area contributed by atoms with Crippen molar-refractivity contribution in [3.63, 3.8) is 0 Å². The maximum atomic E-state index is 10.3. The molecule has 0 amide bonds. The minimum Gasteiger partial charge on any atom is -0.508 e. The van der Waals surface area contributed by atoms with E-state index in [1.165, 1.54) is 5.56 Å². The van der Waals surface area contributed by atoms with Crippen LogP contribution in [0.5, 0.6) is 23.0 Å². The molecule has 0 saturated carbocycles. The summed E-state index contributed by atoms with van der Waals surface area (Å²) in [4.78, 5) is 0. The number of fused-ring (bicyclic) bond motifs is 6. The Kier molecular flexibility index (Phi) is 4.34. The highest BCUT2D eigenvalue weighted by Gasteiger charge is 2.32. The summed E-state index contributed by atoms with van der Waals surface area (Å²) in [7, 11) is 0. The minimum absolute atomic E-state index is 0.110. The Hall–Kier alpha value is -3.98. The van der Waals surface area contributed by atoms with Crippen molar-refractivity contribution in [2.75, 3.05) is 0 Å². The smallest absolute Gasteiger partial charge is 0.132 e. The van der Waals surface area contributed by atoms with Crippen LogP contribution in [-0.4, -0.2) is 10.2 Å². The van der Waals surface area contributed by atoms with E-state index in [1.807, 2.05) is 48.5 Å². The van der Waals surface area contributed by atoms with Crippen LogP contribution in [0.25, 0.3) is 21.5 Å². The van der Waals surface area contributed by atoms with Crippen LogP contribution in [0.3, 0.4) is 0 Å². The molecule has 0 spiro atoms. The largest absolute Gasteiger partial charge is 0.508 e. The Balaban J connectivity index is 1.71. The second kappa shape index (κ2) is 7.28. The molecule has 0 atom stereocenters. The molecule has 5 aromatic carbocycles. The summed E-state index contributed by atoms with van der Waals surface area (Å²) in [5.41, 5.74) is 4.50. The van der Waals surface area contributed by atoms with E-state index in [-0.39, 0.29) is 17.4 Å². The number of benzene rings is 5. The zero-order valence-electron chi connectivity index (χ0n) is 18.5. The van der Waals surface area contributed by atoms with E-state index >= 15 is 0 Å². The van der Waals surface area contributed by atoms with Crippen molar-refractivity contribution in [1.29, 1.82) is 0 Å². The van der Waals surface area contributed by atoms with Gasteiger partial charge >= 0.3 is 0 Å². The monoisotopic (exact) mass is 432 g/mol. The first-order valence-corrected chi connectivity index (χ1v) is 11.3. The maximum absolute atomic E-state index is 10.3. The van der Waals surface area contributed by atoms with Crippen LogP contribution in [0.15, 0.2) is 84.9 Å². The van der Waals surface area contributed by atoms with Crippen molar-refractivity contribution in [2.24, 2.45) is 0 Å². The van der Waals surface area contributed by atoms with E-state index in [0.29, 0.717) is 5.92 Å². The van der Waals surface area contributed by atoms with Crippen LogP contribution in [0.2, 0.25) is 0 Å². The van der Waals surface area contributed by atoms with Crippen molar-refractivity contribution in [3.05, 3.63) is 107 Å². The van der Waals surface area contributed by atoms with Crippen molar-refractivity contribution in [1.82, 2.24) is 0 Å². The van der Waals surface area contributed by atoms with Gasteiger partial charge in [-0.2, -0.15) is 0 Å². The lowest BCUT2D eigenvalue weighted by molar-refractivity contribution is 0.455. The second-order valence-electron chi connectivity index (χ2n) is 9.12. The molecule has 0 fully saturated rings. The lowest BCUT2D eigenvalue weighted by Crippen LogP contribution is -2.13. The van der Waals surface area contributed by atoms with Gasteiger partial charge in [0, 0.05) is 17.0 Å². The van der Waals surface area contributed by atoms with Crippen molar-refractivity contribution in [3.8, 4) is 23.0 Å². The Bertz CT molecular complexity index is 1440. The molecule has 3 nitrogen and oxygen atoms in total. The third-order valence-electron chi connectivity index (χ3n) is 6.75. The zero-order chi connectivity index (χ0) is 22.7. The molecule has 2 N–H and O–H groups in total. The summed E-state index contributed by atoms with van der Waals surface area (Å²) < 4.78 is 6.42. The van der Waals surface area contributed by atoms with E-state index in [1.54, 1.807) is 12.1 Å². The van der Waals surface area contributed by atoms with Gasteiger partial charge in [0.15, 0.2) is 0 Å². The Labute approximate surface area is 192 Å². The van der Waals surface area contributed by atoms with Gasteiger partial charge in [-0.1, -0.05) is 62.4 Å². The Morgan fingerprint density at radius 2 is 1.12 bits per heavy atom. The molecule has 33 heavy (non-hydrogen) atoms. The van der Waals surface area contributed by atoms with Crippen LogP contribution < -0.4 is 4.74 Å². The number of aromatic hydroxyl groups is 2. The van der Waals surface area contributed by atoms with E-state index in [4.69, 9.17) is 4.74 Å². The predicted octanol–water partition coefficient (Wildman–Crippen LogP) is 7.81. The highest BCUT2D eigenvalue weighted by Crippen LogP contribution is 2.52. The summed E-state index contributed by atoms with van der Waals surface area (Å²) in [5.74, 6) is 2.37. The van der Waals surface area contributed by atoms with Crippen LogP contribution in [0.4, 0.5) is 0 Å². The zero-order valence-corrected chi connectivity index (χ0v) is 18.5. The molecule has 0 bridgehead atoms. The average Bonchev–Trinajstić information content (AvgIpc) is 2.82. The first-order valence-electron chi connectivity index (χ1n) is 11.3. The van der Waals surface area contributed by atoms with Gasteiger partial charge in [-0.15, -0.1) is 0 Å². The van der Waals surface area contributed by atoms with Gasteiger partial charge in [0.1, 0.15) is 23.0 Å². The van der Waals surface area contributed by atoms with Crippen LogP contribution in [-0.2, 0) is 0 Å². The summed E-state index contributed by atoms with van der Waals surface area (Å²) in [5, 5.41) is 24.7. The number of phenolic OH excluding ortho intramolecular Hbond substituents is 2. The molecule has 3 heteroatoms. The van der Waals surface area contributed by atoms with Gasteiger partial charge in [0.05, 0.1) is 0 Å². The third-order valence-corrected chi connectivity index (χ3v) is 6.75. The average molecular weight is 433 g/mol. The lowest BCUT2D eigenvalue weighted by atomic mass is 9.78. The minimum atomic E-state index is -0.110. The molecule has 6 rings (SSSR count). The van der Waals surface area contributed by atoms with Crippen LogP contribution in [0.1, 0.15) is 47.9 Å². The van der Waals surface area contributed by atoms with Gasteiger partial charge < -0.3 is 14.9 Å². The summed E-state index contributed by atoms with van der Waals surface area (Å²) in [6.45, 7) is 4.39. The van der Waals surface area contributed by atoms with E-state index in [9.17, 15) is 10.2 Å². The first kappa shape index (κ1) is 19.7. The highest BCUT2D eigenvalue weighted by atomic mass is 16.5. The number of hydrogen-bond acceptors (Lipinski definition) is 3. The molecule has 1 heterocycles. The molecule has 0 unspecified atom stereocenters. The predicted molar refractivity (Wildman–Crippen MR) is 133 cm³/mol. The molecule has 0 aliphatic carbocycles. The molecule has 0 aromatic heterocycles. The van der Waals surface area contributed by atoms with Crippen molar-refractivity contribution < 1.29 is 14.9 Å². The topological polar surface area (TPSA) is 49.7 Å². The van der Waals surface area contributed by atoms with E-state index in [2.05, 4.69) is 38.1 Å². The fraction of sp³-hybridized carbons (Fsp3) is 0.133. The summed E-state index contributed by atoms with van der Waals surface area (Å²) in [6, 6.07) is 27.8. The molecule has 0 radical (unpaired) electrons. The molecule has 1 aliphatic heterocycles. The molecule has 1 aliphatic rings. The number of ether oxygens (including phenoxy) is 1. The van der Waals surface area contributed by atoms with Gasteiger partial charge in [-0.3, -0.25) is 0 Å². The second-order valence-corrected chi connectivity index (χ2v) is 9.12. The molecule has 0 saturated heterocycles. The molecular formula is C30H24O3. The van der Waals surface area contributed by atoms with Gasteiger partial charge in [0.2, 0.25) is 0 Å². The fourth-order valence-corrected chi connectivity index (χ4v) is 5.06. The number of rotatable bonds is 2. The van der Waals surface area contributed by atoms with Gasteiger partial charge in [0.25, 0.3) is 0 Å². The summed E-state index contributed by atoms with van der Waals surface area (Å²) in [6.07, 6.45) is 0. The van der Waals surface area contributed by atoms with E-state index in [0.717, 1.165) is 49.7 Å². The van der Waals surface area contributed by atoms with Crippen molar-refractivity contribution in [2.45, 2.75) is 25.7 Å². The SMILES string of the molecule is CC(C)c1ccc(C2c3c(ccc4ccc(O)cc34)Oc3ccc4ccc(O)cc4c32)cc1. The van der Waals surface area contributed by atoms with Crippen molar-refractivity contribution >= 4 is 21.5 Å². The highest BCUT2D eigenvalue weighted by molar-refractivity contribution is 5.96. The number of hydrogen-bond donors (Lipinski definition) is 2. The summed E-state index contributed by atoms with van der Waals surface area (Å²) >= 11 is 0.